The van der Waals surface area contributed by atoms with Crippen LogP contribution in [0.5, 0.6) is 0 Å². The minimum Gasteiger partial charge on any atom is -0.368 e. The molecule has 0 saturated carbocycles. The zero-order valence-electron chi connectivity index (χ0n) is 13.5. The Morgan fingerprint density at radius 3 is 2.67 bits per heavy atom. The van der Waals surface area contributed by atoms with Crippen LogP contribution in [0.1, 0.15) is 21.6 Å². The minimum absolute atomic E-state index is 0.000803. The smallest absolute Gasteiger partial charge is 0.196 e. The van der Waals surface area contributed by atoms with Gasteiger partial charge in [-0.2, -0.15) is 5.10 Å². The molecule has 1 fully saturated rings. The molecule has 3 heterocycles. The molecular formula is C18H19N5O. The van der Waals surface area contributed by atoms with Crippen LogP contribution < -0.4 is 10.2 Å². The van der Waals surface area contributed by atoms with Gasteiger partial charge in [0, 0.05) is 43.6 Å². The van der Waals surface area contributed by atoms with Gasteiger partial charge in [-0.15, -0.1) is 0 Å². The average Bonchev–Trinajstić information content (AvgIpc) is 3.03. The van der Waals surface area contributed by atoms with Gasteiger partial charge in [-0.1, -0.05) is 30.3 Å². The van der Waals surface area contributed by atoms with Crippen LogP contribution in [0, 0.1) is 6.92 Å². The van der Waals surface area contributed by atoms with Crippen LogP contribution in [0.25, 0.3) is 11.0 Å². The van der Waals surface area contributed by atoms with Crippen molar-refractivity contribution < 1.29 is 4.79 Å². The largest absolute Gasteiger partial charge is 0.368 e. The molecule has 1 saturated heterocycles. The Hall–Kier alpha value is -2.73. The molecule has 4 rings (SSSR count). The second-order valence-corrected chi connectivity index (χ2v) is 6.00. The molecule has 1 aliphatic heterocycles. The van der Waals surface area contributed by atoms with E-state index in [9.17, 15) is 4.79 Å². The average molecular weight is 321 g/mol. The Bertz CT molecular complexity index is 881. The third-order valence-electron chi connectivity index (χ3n) is 4.45. The summed E-state index contributed by atoms with van der Waals surface area (Å²) in [5, 5.41) is 11.6. The van der Waals surface area contributed by atoms with Gasteiger partial charge in [-0.25, -0.2) is 4.98 Å². The van der Waals surface area contributed by atoms with Crippen LogP contribution in [0.4, 0.5) is 5.69 Å². The van der Waals surface area contributed by atoms with Gasteiger partial charge in [0.25, 0.3) is 0 Å². The highest BCUT2D eigenvalue weighted by Gasteiger charge is 2.24. The zero-order chi connectivity index (χ0) is 16.5. The Labute approximate surface area is 139 Å². The van der Waals surface area contributed by atoms with Gasteiger partial charge in [0.2, 0.25) is 0 Å². The number of fused-ring (bicyclic) bond motifs is 1. The number of aromatic amines is 1. The number of aromatic nitrogens is 3. The number of H-pyrrole nitrogens is 1. The monoisotopic (exact) mass is 321 g/mol. The first-order valence-corrected chi connectivity index (χ1v) is 8.15. The van der Waals surface area contributed by atoms with Gasteiger partial charge < -0.3 is 10.2 Å². The van der Waals surface area contributed by atoms with Crippen LogP contribution in [0.15, 0.2) is 36.5 Å². The fraction of sp³-hybridized carbons (Fsp3) is 0.278. The number of carbonyl (C=O) groups is 1. The van der Waals surface area contributed by atoms with Gasteiger partial charge in [-0.05, 0) is 6.92 Å². The van der Waals surface area contributed by atoms with E-state index < -0.39 is 0 Å². The highest BCUT2D eigenvalue weighted by atomic mass is 16.1. The van der Waals surface area contributed by atoms with E-state index in [1.54, 1.807) is 6.20 Å². The predicted molar refractivity (Wildman–Crippen MR) is 93.6 cm³/mol. The Balaban J connectivity index is 1.91. The lowest BCUT2D eigenvalue weighted by atomic mass is 10.0. The second kappa shape index (κ2) is 6.05. The van der Waals surface area contributed by atoms with E-state index in [2.05, 4.69) is 25.4 Å². The van der Waals surface area contributed by atoms with Gasteiger partial charge in [0.1, 0.15) is 0 Å². The lowest BCUT2D eigenvalue weighted by molar-refractivity contribution is 0.103. The number of pyridine rings is 1. The van der Waals surface area contributed by atoms with Crippen LogP contribution >= 0.6 is 0 Å². The molecule has 2 N–H and O–H groups in total. The first kappa shape index (κ1) is 14.8. The van der Waals surface area contributed by atoms with E-state index in [-0.39, 0.29) is 5.78 Å². The first-order chi connectivity index (χ1) is 11.8. The van der Waals surface area contributed by atoms with Crippen molar-refractivity contribution in [2.24, 2.45) is 0 Å². The number of hydrogen-bond acceptors (Lipinski definition) is 5. The summed E-state index contributed by atoms with van der Waals surface area (Å²) in [5.74, 6) is -0.000803. The number of ketones is 1. The number of piperazine rings is 1. The second-order valence-electron chi connectivity index (χ2n) is 6.00. The van der Waals surface area contributed by atoms with Crippen LogP contribution in [-0.4, -0.2) is 47.1 Å². The Morgan fingerprint density at radius 1 is 1.17 bits per heavy atom. The molecule has 122 valence electrons. The molecular weight excluding hydrogens is 302 g/mol. The Morgan fingerprint density at radius 2 is 1.92 bits per heavy atom. The van der Waals surface area contributed by atoms with Crippen LogP contribution in [0.2, 0.25) is 0 Å². The number of nitrogens with one attached hydrogen (secondary N) is 2. The van der Waals surface area contributed by atoms with E-state index >= 15 is 0 Å². The van der Waals surface area contributed by atoms with E-state index in [1.807, 2.05) is 37.3 Å². The van der Waals surface area contributed by atoms with Gasteiger partial charge >= 0.3 is 0 Å². The molecule has 6 nitrogen and oxygen atoms in total. The maximum absolute atomic E-state index is 13.1. The lowest BCUT2D eigenvalue weighted by Crippen LogP contribution is -2.44. The Kier molecular flexibility index (Phi) is 3.74. The van der Waals surface area contributed by atoms with E-state index in [1.165, 1.54) is 0 Å². The first-order valence-electron chi connectivity index (χ1n) is 8.15. The summed E-state index contributed by atoms with van der Waals surface area (Å²) in [6.45, 7) is 5.50. The molecule has 0 unspecified atom stereocenters. The third-order valence-corrected chi connectivity index (χ3v) is 4.45. The molecule has 0 radical (unpaired) electrons. The topological polar surface area (TPSA) is 73.9 Å². The summed E-state index contributed by atoms with van der Waals surface area (Å²) >= 11 is 0. The number of nitrogens with zero attached hydrogens (tertiary/aromatic N) is 3. The normalized spacial score (nSPS) is 15.0. The molecule has 6 heteroatoms. The highest BCUT2D eigenvalue weighted by Crippen LogP contribution is 2.32. The summed E-state index contributed by atoms with van der Waals surface area (Å²) in [4.78, 5) is 19.7. The quantitative estimate of drug-likeness (QED) is 0.721. The molecule has 2 aromatic heterocycles. The van der Waals surface area contributed by atoms with Crippen molar-refractivity contribution in [3.05, 3.63) is 53.3 Å². The van der Waals surface area contributed by atoms with Crippen molar-refractivity contribution in [2.45, 2.75) is 6.92 Å². The molecule has 1 aliphatic rings. The molecule has 0 bridgehead atoms. The van der Waals surface area contributed by atoms with Crippen molar-refractivity contribution in [2.75, 3.05) is 31.1 Å². The lowest BCUT2D eigenvalue weighted by Gasteiger charge is -2.31. The number of carbonyl (C=O) groups excluding carboxylic acids is 1. The highest BCUT2D eigenvalue weighted by molar-refractivity contribution is 6.16. The molecule has 0 aliphatic carbocycles. The van der Waals surface area contributed by atoms with E-state index in [4.69, 9.17) is 0 Å². The molecule has 3 aromatic rings. The standard InChI is InChI=1S/C18H19N5O/c1-12-15-16(23-9-7-19-8-10-23)14(11-20-18(15)22-21-12)17(24)13-5-3-2-4-6-13/h2-6,11,19H,7-10H2,1H3,(H,20,21,22). The fourth-order valence-corrected chi connectivity index (χ4v) is 3.24. The van der Waals surface area contributed by atoms with Crippen molar-refractivity contribution in [3.63, 3.8) is 0 Å². The third kappa shape index (κ3) is 2.45. The molecule has 0 atom stereocenters. The fourth-order valence-electron chi connectivity index (χ4n) is 3.24. The summed E-state index contributed by atoms with van der Waals surface area (Å²) in [6.07, 6.45) is 1.66. The summed E-state index contributed by atoms with van der Waals surface area (Å²) in [6, 6.07) is 9.36. The molecule has 24 heavy (non-hydrogen) atoms. The molecule has 0 spiro atoms. The van der Waals surface area contributed by atoms with Gasteiger partial charge in [-0.3, -0.25) is 9.89 Å². The predicted octanol–water partition coefficient (Wildman–Crippen LogP) is 1.91. The van der Waals surface area contributed by atoms with Crippen molar-refractivity contribution >= 4 is 22.5 Å². The summed E-state index contributed by atoms with van der Waals surface area (Å²) in [7, 11) is 0. The van der Waals surface area contributed by atoms with Crippen molar-refractivity contribution in [1.29, 1.82) is 0 Å². The number of hydrogen-bond donors (Lipinski definition) is 2. The SMILES string of the molecule is Cc1[nH]nc2ncc(C(=O)c3ccccc3)c(N3CCNCC3)c12. The van der Waals surface area contributed by atoms with Gasteiger partial charge in [0.15, 0.2) is 11.4 Å². The number of aryl methyl sites for hydroxylation is 1. The van der Waals surface area contributed by atoms with Crippen molar-refractivity contribution in [3.8, 4) is 0 Å². The summed E-state index contributed by atoms with van der Waals surface area (Å²) < 4.78 is 0. The van der Waals surface area contributed by atoms with E-state index in [0.717, 1.165) is 42.9 Å². The molecule has 0 amide bonds. The van der Waals surface area contributed by atoms with Crippen LogP contribution in [-0.2, 0) is 0 Å². The zero-order valence-corrected chi connectivity index (χ0v) is 13.5. The van der Waals surface area contributed by atoms with Crippen LogP contribution in [0.3, 0.4) is 0 Å². The van der Waals surface area contributed by atoms with E-state index in [0.29, 0.717) is 16.8 Å². The number of anilines is 1. The minimum atomic E-state index is -0.000803. The number of benzene rings is 1. The number of rotatable bonds is 3. The maximum atomic E-state index is 13.1. The maximum Gasteiger partial charge on any atom is 0.196 e. The molecule has 1 aromatic carbocycles. The van der Waals surface area contributed by atoms with Gasteiger partial charge in [0.05, 0.1) is 16.6 Å². The summed E-state index contributed by atoms with van der Waals surface area (Å²) in [5.41, 5.74) is 3.86. The van der Waals surface area contributed by atoms with Crippen molar-refractivity contribution in [1.82, 2.24) is 20.5 Å².